The van der Waals surface area contributed by atoms with Gasteiger partial charge >= 0.3 is 12.1 Å². The molecule has 0 bridgehead atoms. The number of likely N-dealkylation sites (tertiary alicyclic amines) is 1. The van der Waals surface area contributed by atoms with Gasteiger partial charge in [-0.25, -0.2) is 4.79 Å². The van der Waals surface area contributed by atoms with Crippen LogP contribution < -0.4 is 0 Å². The minimum absolute atomic E-state index is 0.0369. The molecule has 1 aromatic carbocycles. The van der Waals surface area contributed by atoms with Crippen LogP contribution in [0.15, 0.2) is 30.3 Å². The van der Waals surface area contributed by atoms with Gasteiger partial charge in [0.1, 0.15) is 6.04 Å². The van der Waals surface area contributed by atoms with Crippen LogP contribution in [0.2, 0.25) is 0 Å². The summed E-state index contributed by atoms with van der Waals surface area (Å²) in [7, 11) is 0. The Labute approximate surface area is 125 Å². The number of hydrogen-bond acceptors (Lipinski definition) is 2. The summed E-state index contributed by atoms with van der Waals surface area (Å²) in [6.07, 6.45) is -4.85. The lowest BCUT2D eigenvalue weighted by atomic mass is 9.88. The van der Waals surface area contributed by atoms with Crippen molar-refractivity contribution in [3.8, 4) is 0 Å². The average Bonchev–Trinajstić information content (AvgIpc) is 2.46. The van der Waals surface area contributed by atoms with E-state index in [-0.39, 0.29) is 25.8 Å². The van der Waals surface area contributed by atoms with Crippen molar-refractivity contribution < 1.29 is 27.9 Å². The van der Waals surface area contributed by atoms with Crippen molar-refractivity contribution in [1.29, 1.82) is 0 Å². The lowest BCUT2D eigenvalue weighted by Gasteiger charge is -2.39. The van der Waals surface area contributed by atoms with Crippen LogP contribution in [-0.4, -0.2) is 40.6 Å². The molecule has 0 aromatic heterocycles. The van der Waals surface area contributed by atoms with Crippen LogP contribution in [0.1, 0.15) is 18.4 Å². The number of carbonyl (C=O) groups is 2. The molecule has 0 unspecified atom stereocenters. The van der Waals surface area contributed by atoms with E-state index >= 15 is 0 Å². The maximum absolute atomic E-state index is 13.0. The molecule has 2 atom stereocenters. The van der Waals surface area contributed by atoms with E-state index in [1.54, 1.807) is 30.3 Å². The average molecular weight is 315 g/mol. The Balaban J connectivity index is 2.20. The molecule has 1 aliphatic rings. The fourth-order valence-electron chi connectivity index (χ4n) is 2.80. The molecule has 1 amide bonds. The Morgan fingerprint density at radius 2 is 1.86 bits per heavy atom. The van der Waals surface area contributed by atoms with Gasteiger partial charge in [0.25, 0.3) is 0 Å². The second kappa shape index (κ2) is 6.37. The van der Waals surface area contributed by atoms with Gasteiger partial charge in [-0.05, 0) is 18.4 Å². The topological polar surface area (TPSA) is 57.6 Å². The van der Waals surface area contributed by atoms with Gasteiger partial charge in [0.15, 0.2) is 0 Å². The molecule has 0 radical (unpaired) electrons. The Morgan fingerprint density at radius 3 is 2.41 bits per heavy atom. The molecular weight excluding hydrogens is 299 g/mol. The van der Waals surface area contributed by atoms with Crippen molar-refractivity contribution in [3.63, 3.8) is 0 Å². The second-order valence-electron chi connectivity index (χ2n) is 5.32. The van der Waals surface area contributed by atoms with Crippen molar-refractivity contribution in [2.45, 2.75) is 31.5 Å². The summed E-state index contributed by atoms with van der Waals surface area (Å²) in [6.45, 7) is 0.0369. The summed E-state index contributed by atoms with van der Waals surface area (Å²) in [5.74, 6) is -4.21. The Morgan fingerprint density at radius 1 is 1.23 bits per heavy atom. The molecule has 7 heteroatoms. The van der Waals surface area contributed by atoms with E-state index in [0.717, 1.165) is 4.90 Å². The summed E-state index contributed by atoms with van der Waals surface area (Å²) < 4.78 is 39.0. The molecule has 1 aliphatic heterocycles. The summed E-state index contributed by atoms with van der Waals surface area (Å²) >= 11 is 0. The zero-order valence-corrected chi connectivity index (χ0v) is 11.7. The number of carboxylic acid groups (broad SMARTS) is 1. The molecule has 4 nitrogen and oxygen atoms in total. The summed E-state index contributed by atoms with van der Waals surface area (Å²) in [4.78, 5) is 24.4. The number of hydrogen-bond donors (Lipinski definition) is 1. The Hall–Kier alpha value is -2.05. The fourth-order valence-corrected chi connectivity index (χ4v) is 2.80. The molecule has 1 fully saturated rings. The van der Waals surface area contributed by atoms with Gasteiger partial charge in [-0.3, -0.25) is 4.79 Å². The van der Waals surface area contributed by atoms with Crippen molar-refractivity contribution in [3.05, 3.63) is 35.9 Å². The third-order valence-corrected chi connectivity index (χ3v) is 3.82. The highest BCUT2D eigenvalue weighted by Gasteiger charge is 2.52. The van der Waals surface area contributed by atoms with Crippen molar-refractivity contribution in [2.24, 2.45) is 5.92 Å². The number of carbonyl (C=O) groups excluding carboxylic acids is 1. The number of nitrogens with zero attached hydrogens (tertiary/aromatic N) is 1. The third kappa shape index (κ3) is 3.58. The highest BCUT2D eigenvalue weighted by atomic mass is 19.4. The molecule has 22 heavy (non-hydrogen) atoms. The van der Waals surface area contributed by atoms with E-state index in [2.05, 4.69) is 0 Å². The zero-order valence-electron chi connectivity index (χ0n) is 11.7. The van der Waals surface area contributed by atoms with Gasteiger partial charge in [-0.15, -0.1) is 0 Å². The molecule has 2 rings (SSSR count). The normalized spacial score (nSPS) is 22.4. The molecule has 0 saturated carbocycles. The molecule has 1 N–H and O–H groups in total. The molecule has 1 aromatic rings. The first-order valence-corrected chi connectivity index (χ1v) is 6.93. The van der Waals surface area contributed by atoms with Gasteiger partial charge in [0.2, 0.25) is 5.91 Å². The van der Waals surface area contributed by atoms with Gasteiger partial charge in [0, 0.05) is 6.54 Å². The third-order valence-electron chi connectivity index (χ3n) is 3.82. The smallest absolute Gasteiger partial charge is 0.394 e. The van der Waals surface area contributed by atoms with Crippen LogP contribution in [0.5, 0.6) is 0 Å². The Kier molecular flexibility index (Phi) is 4.73. The minimum Gasteiger partial charge on any atom is -0.480 e. The van der Waals surface area contributed by atoms with E-state index in [1.807, 2.05) is 0 Å². The standard InChI is InChI=1S/C15H16F3NO3/c16-15(17,18)11-7-4-8-19(13(11)14(21)22)12(20)9-10-5-2-1-3-6-10/h1-3,5-6,11,13H,4,7-9H2,(H,21,22)/t11-,13+/m1/s1. The van der Waals surface area contributed by atoms with Crippen LogP contribution in [0.4, 0.5) is 13.2 Å². The molecule has 1 saturated heterocycles. The van der Waals surface area contributed by atoms with Crippen LogP contribution in [-0.2, 0) is 16.0 Å². The number of rotatable bonds is 3. The molecule has 120 valence electrons. The van der Waals surface area contributed by atoms with E-state index in [0.29, 0.717) is 5.56 Å². The quantitative estimate of drug-likeness (QED) is 0.932. The van der Waals surface area contributed by atoms with E-state index in [9.17, 15) is 22.8 Å². The molecular formula is C15H16F3NO3. The number of benzene rings is 1. The van der Waals surface area contributed by atoms with Gasteiger partial charge in [-0.1, -0.05) is 30.3 Å². The first-order chi connectivity index (χ1) is 10.3. The van der Waals surface area contributed by atoms with Crippen LogP contribution >= 0.6 is 0 Å². The summed E-state index contributed by atoms with van der Waals surface area (Å²) in [6, 6.07) is 6.70. The monoisotopic (exact) mass is 315 g/mol. The van der Waals surface area contributed by atoms with Crippen molar-refractivity contribution >= 4 is 11.9 Å². The van der Waals surface area contributed by atoms with E-state index in [1.165, 1.54) is 0 Å². The SMILES string of the molecule is O=C(O)[C@@H]1[C@H](C(F)(F)F)CCCN1C(=O)Cc1ccccc1. The Bertz CT molecular complexity index is 545. The predicted octanol–water partition coefficient (Wildman–Crippen LogP) is 2.48. The summed E-state index contributed by atoms with van der Waals surface area (Å²) in [5, 5.41) is 9.16. The fraction of sp³-hybridized carbons (Fsp3) is 0.467. The lowest BCUT2D eigenvalue weighted by molar-refractivity contribution is -0.208. The number of alkyl halides is 3. The maximum Gasteiger partial charge on any atom is 0.394 e. The second-order valence-corrected chi connectivity index (χ2v) is 5.32. The van der Waals surface area contributed by atoms with E-state index < -0.39 is 30.0 Å². The zero-order chi connectivity index (χ0) is 16.3. The highest BCUT2D eigenvalue weighted by Crippen LogP contribution is 2.37. The first kappa shape index (κ1) is 16.3. The molecule has 0 spiro atoms. The maximum atomic E-state index is 13.0. The number of piperidine rings is 1. The summed E-state index contributed by atoms with van der Waals surface area (Å²) in [5.41, 5.74) is 0.644. The molecule has 0 aliphatic carbocycles. The van der Waals surface area contributed by atoms with Crippen molar-refractivity contribution in [1.82, 2.24) is 4.90 Å². The number of halogens is 3. The van der Waals surface area contributed by atoms with Gasteiger partial charge < -0.3 is 10.0 Å². The predicted molar refractivity (Wildman–Crippen MR) is 72.1 cm³/mol. The van der Waals surface area contributed by atoms with Crippen LogP contribution in [0, 0.1) is 5.92 Å². The largest absolute Gasteiger partial charge is 0.480 e. The lowest BCUT2D eigenvalue weighted by Crippen LogP contribution is -2.56. The van der Waals surface area contributed by atoms with Crippen molar-refractivity contribution in [2.75, 3.05) is 6.54 Å². The number of aliphatic carboxylic acids is 1. The minimum atomic E-state index is -4.63. The van der Waals surface area contributed by atoms with E-state index in [4.69, 9.17) is 5.11 Å². The number of amides is 1. The van der Waals surface area contributed by atoms with Gasteiger partial charge in [0.05, 0.1) is 12.3 Å². The van der Waals surface area contributed by atoms with Crippen LogP contribution in [0.25, 0.3) is 0 Å². The number of carboxylic acids is 1. The van der Waals surface area contributed by atoms with Gasteiger partial charge in [-0.2, -0.15) is 13.2 Å². The molecule has 1 heterocycles. The van der Waals surface area contributed by atoms with Crippen LogP contribution in [0.3, 0.4) is 0 Å². The first-order valence-electron chi connectivity index (χ1n) is 6.93. The highest BCUT2D eigenvalue weighted by molar-refractivity contribution is 5.85.